The van der Waals surface area contributed by atoms with Gasteiger partial charge in [0.2, 0.25) is 0 Å². The van der Waals surface area contributed by atoms with Crippen molar-refractivity contribution >= 4 is 0 Å². The van der Waals surface area contributed by atoms with Crippen LogP contribution in [0.15, 0.2) is 18.3 Å². The molecule has 1 aromatic rings. The van der Waals surface area contributed by atoms with E-state index in [1.807, 2.05) is 12.1 Å². The van der Waals surface area contributed by atoms with Gasteiger partial charge in [0.1, 0.15) is 11.8 Å². The monoisotopic (exact) mass is 244 g/mol. The van der Waals surface area contributed by atoms with Crippen molar-refractivity contribution in [3.8, 4) is 6.07 Å². The van der Waals surface area contributed by atoms with E-state index in [1.165, 1.54) is 12.8 Å². The molecule has 18 heavy (non-hydrogen) atoms. The summed E-state index contributed by atoms with van der Waals surface area (Å²) in [7, 11) is 0. The Morgan fingerprint density at radius 3 is 2.94 bits per heavy atom. The van der Waals surface area contributed by atoms with Crippen LogP contribution in [0.3, 0.4) is 0 Å². The topological polar surface area (TPSA) is 52.0 Å². The molecule has 0 aliphatic carbocycles. The maximum Gasteiger partial charge on any atom is 0.144 e. The highest BCUT2D eigenvalue weighted by Gasteiger charge is 2.20. The van der Waals surface area contributed by atoms with Gasteiger partial charge >= 0.3 is 0 Å². The molecule has 1 aliphatic rings. The molecule has 0 radical (unpaired) electrons. The largest absolute Gasteiger partial charge is 0.317 e. The van der Waals surface area contributed by atoms with Crippen LogP contribution in [0.25, 0.3) is 0 Å². The standard InChI is InChI=1S/C14H20N4/c1-2-18(13-5-8-16-9-6-13)11-12-4-3-7-17-14(12)10-15/h3-4,7,13,16H,2,5-6,8-9,11H2,1H3. The number of nitrogens with zero attached hydrogens (tertiary/aromatic N) is 3. The second-order valence-electron chi connectivity index (χ2n) is 4.67. The molecular formula is C14H20N4. The van der Waals surface area contributed by atoms with Gasteiger partial charge in [0.05, 0.1) is 0 Å². The van der Waals surface area contributed by atoms with Crippen molar-refractivity contribution in [3.05, 3.63) is 29.6 Å². The summed E-state index contributed by atoms with van der Waals surface area (Å²) in [5.41, 5.74) is 1.60. The number of hydrogen-bond donors (Lipinski definition) is 1. The third-order valence-electron chi connectivity index (χ3n) is 3.60. The fourth-order valence-corrected chi connectivity index (χ4v) is 2.56. The highest BCUT2D eigenvalue weighted by Crippen LogP contribution is 2.16. The van der Waals surface area contributed by atoms with Crippen LogP contribution >= 0.6 is 0 Å². The zero-order valence-corrected chi connectivity index (χ0v) is 10.9. The molecule has 1 aliphatic heterocycles. The van der Waals surface area contributed by atoms with Crippen LogP contribution in [-0.4, -0.2) is 35.6 Å². The van der Waals surface area contributed by atoms with Gasteiger partial charge in [0, 0.05) is 24.3 Å². The van der Waals surface area contributed by atoms with E-state index >= 15 is 0 Å². The van der Waals surface area contributed by atoms with Crippen LogP contribution in [0.1, 0.15) is 31.0 Å². The molecule has 96 valence electrons. The van der Waals surface area contributed by atoms with E-state index in [-0.39, 0.29) is 0 Å². The third-order valence-corrected chi connectivity index (χ3v) is 3.60. The van der Waals surface area contributed by atoms with Crippen LogP contribution < -0.4 is 5.32 Å². The molecule has 1 aromatic heterocycles. The molecule has 4 nitrogen and oxygen atoms in total. The summed E-state index contributed by atoms with van der Waals surface area (Å²) in [6.45, 7) is 6.23. The molecule has 0 amide bonds. The predicted molar refractivity (Wildman–Crippen MR) is 70.9 cm³/mol. The van der Waals surface area contributed by atoms with Crippen LogP contribution in [0.4, 0.5) is 0 Å². The minimum atomic E-state index is 0.560. The minimum absolute atomic E-state index is 0.560. The summed E-state index contributed by atoms with van der Waals surface area (Å²) in [6, 6.07) is 6.72. The number of aromatic nitrogens is 1. The number of nitrogens with one attached hydrogen (secondary N) is 1. The van der Waals surface area contributed by atoms with Gasteiger partial charge in [0.25, 0.3) is 0 Å². The summed E-state index contributed by atoms with van der Waals surface area (Å²) in [4.78, 5) is 6.59. The molecule has 0 aromatic carbocycles. The second-order valence-corrected chi connectivity index (χ2v) is 4.67. The molecule has 2 heterocycles. The second kappa shape index (κ2) is 6.48. The summed E-state index contributed by atoms with van der Waals surface area (Å²) < 4.78 is 0. The number of nitriles is 1. The van der Waals surface area contributed by atoms with Crippen molar-refractivity contribution in [2.24, 2.45) is 0 Å². The maximum atomic E-state index is 9.07. The van der Waals surface area contributed by atoms with E-state index in [2.05, 4.69) is 28.2 Å². The Balaban J connectivity index is 2.07. The third kappa shape index (κ3) is 3.06. The van der Waals surface area contributed by atoms with Crippen LogP contribution in [-0.2, 0) is 6.54 Å². The van der Waals surface area contributed by atoms with Gasteiger partial charge in [-0.05, 0) is 38.5 Å². The first-order chi connectivity index (χ1) is 8.85. The van der Waals surface area contributed by atoms with Crippen molar-refractivity contribution in [1.29, 1.82) is 5.26 Å². The minimum Gasteiger partial charge on any atom is -0.317 e. The Bertz CT molecular complexity index is 418. The zero-order valence-electron chi connectivity index (χ0n) is 10.9. The molecule has 0 bridgehead atoms. The highest BCUT2D eigenvalue weighted by molar-refractivity contribution is 5.30. The molecule has 0 unspecified atom stereocenters. The van der Waals surface area contributed by atoms with Crippen LogP contribution in [0.5, 0.6) is 0 Å². The molecule has 0 saturated carbocycles. The Hall–Kier alpha value is -1.44. The number of hydrogen-bond acceptors (Lipinski definition) is 4. The van der Waals surface area contributed by atoms with Gasteiger partial charge in [-0.1, -0.05) is 13.0 Å². The van der Waals surface area contributed by atoms with Crippen molar-refractivity contribution in [2.75, 3.05) is 19.6 Å². The predicted octanol–water partition coefficient (Wildman–Crippen LogP) is 1.53. The molecule has 0 atom stereocenters. The maximum absolute atomic E-state index is 9.07. The molecule has 1 saturated heterocycles. The first-order valence-electron chi connectivity index (χ1n) is 6.64. The smallest absolute Gasteiger partial charge is 0.144 e. The highest BCUT2D eigenvalue weighted by atomic mass is 15.2. The first kappa shape index (κ1) is 13.0. The Morgan fingerprint density at radius 2 is 2.28 bits per heavy atom. The molecular weight excluding hydrogens is 224 g/mol. The fourth-order valence-electron chi connectivity index (χ4n) is 2.56. The lowest BCUT2D eigenvalue weighted by Crippen LogP contribution is -2.42. The van der Waals surface area contributed by atoms with E-state index in [1.54, 1.807) is 6.20 Å². The lowest BCUT2D eigenvalue weighted by molar-refractivity contribution is 0.162. The number of rotatable bonds is 4. The fraction of sp³-hybridized carbons (Fsp3) is 0.571. The van der Waals surface area contributed by atoms with E-state index in [9.17, 15) is 0 Å². The zero-order chi connectivity index (χ0) is 12.8. The number of piperidine rings is 1. The Labute approximate surface area is 109 Å². The van der Waals surface area contributed by atoms with E-state index < -0.39 is 0 Å². The SMILES string of the molecule is CCN(Cc1cccnc1C#N)C1CCNCC1. The van der Waals surface area contributed by atoms with Gasteiger partial charge in [-0.2, -0.15) is 5.26 Å². The first-order valence-corrected chi connectivity index (χ1v) is 6.64. The van der Waals surface area contributed by atoms with E-state index in [0.29, 0.717) is 11.7 Å². The lowest BCUT2D eigenvalue weighted by atomic mass is 10.0. The van der Waals surface area contributed by atoms with Crippen LogP contribution in [0, 0.1) is 11.3 Å². The van der Waals surface area contributed by atoms with Gasteiger partial charge in [0.15, 0.2) is 0 Å². The van der Waals surface area contributed by atoms with Gasteiger partial charge in [-0.15, -0.1) is 0 Å². The lowest BCUT2D eigenvalue weighted by Gasteiger charge is -2.33. The Kier molecular flexibility index (Phi) is 4.68. The summed E-state index contributed by atoms with van der Waals surface area (Å²) in [5.74, 6) is 0. The summed E-state index contributed by atoms with van der Waals surface area (Å²) in [5, 5.41) is 12.5. The van der Waals surface area contributed by atoms with Gasteiger partial charge in [-0.3, -0.25) is 4.90 Å². The van der Waals surface area contributed by atoms with Crippen molar-refractivity contribution in [2.45, 2.75) is 32.4 Å². The van der Waals surface area contributed by atoms with Crippen molar-refractivity contribution in [3.63, 3.8) is 0 Å². The van der Waals surface area contributed by atoms with Crippen molar-refractivity contribution < 1.29 is 0 Å². The number of pyridine rings is 1. The average molecular weight is 244 g/mol. The molecule has 1 N–H and O–H groups in total. The molecule has 2 rings (SSSR count). The molecule has 0 spiro atoms. The van der Waals surface area contributed by atoms with Gasteiger partial charge < -0.3 is 5.32 Å². The quantitative estimate of drug-likeness (QED) is 0.872. The average Bonchev–Trinajstić information content (AvgIpc) is 2.46. The van der Waals surface area contributed by atoms with E-state index in [4.69, 9.17) is 5.26 Å². The molecule has 4 heteroatoms. The molecule has 1 fully saturated rings. The normalized spacial score (nSPS) is 16.7. The van der Waals surface area contributed by atoms with Crippen LogP contribution in [0.2, 0.25) is 0 Å². The van der Waals surface area contributed by atoms with Crippen molar-refractivity contribution in [1.82, 2.24) is 15.2 Å². The summed E-state index contributed by atoms with van der Waals surface area (Å²) >= 11 is 0. The Morgan fingerprint density at radius 1 is 1.50 bits per heavy atom. The van der Waals surface area contributed by atoms with Gasteiger partial charge in [-0.25, -0.2) is 4.98 Å². The summed E-state index contributed by atoms with van der Waals surface area (Å²) in [6.07, 6.45) is 4.06. The van der Waals surface area contributed by atoms with E-state index in [0.717, 1.165) is 31.7 Å².